The summed E-state index contributed by atoms with van der Waals surface area (Å²) in [5.41, 5.74) is -0.934. The summed E-state index contributed by atoms with van der Waals surface area (Å²) in [7, 11) is 0. The van der Waals surface area contributed by atoms with Crippen molar-refractivity contribution in [2.24, 2.45) is 0 Å². The van der Waals surface area contributed by atoms with Crippen LogP contribution in [0.25, 0.3) is 0 Å². The third kappa shape index (κ3) is 1.23. The van der Waals surface area contributed by atoms with E-state index < -0.39 is 16.8 Å². The zero-order valence-electron chi connectivity index (χ0n) is 7.51. The van der Waals surface area contributed by atoms with Crippen molar-refractivity contribution in [2.75, 3.05) is 0 Å². The van der Waals surface area contributed by atoms with Crippen LogP contribution in [0, 0.1) is 0 Å². The Morgan fingerprint density at radius 3 is 2.36 bits per heavy atom. The van der Waals surface area contributed by atoms with E-state index in [2.05, 4.69) is 0 Å². The first kappa shape index (κ1) is 9.59. The predicted octanol–water partition coefficient (Wildman–Crippen LogP) is 1.16. The Kier molecular flexibility index (Phi) is 2.27. The first-order valence-corrected chi connectivity index (χ1v) is 5.02. The van der Waals surface area contributed by atoms with E-state index in [9.17, 15) is 14.4 Å². The molecule has 0 saturated heterocycles. The molecule has 1 unspecified atom stereocenters. The van der Waals surface area contributed by atoms with E-state index in [0.717, 1.165) is 12.8 Å². The second-order valence-electron chi connectivity index (χ2n) is 3.65. The molecule has 3 nitrogen and oxygen atoms in total. The molecule has 2 rings (SSSR count). The van der Waals surface area contributed by atoms with Gasteiger partial charge in [-0.3, -0.25) is 14.4 Å². The molecule has 0 radical (unpaired) electrons. The highest BCUT2D eigenvalue weighted by Gasteiger charge is 2.32. The van der Waals surface area contributed by atoms with Crippen LogP contribution in [0.1, 0.15) is 37.2 Å². The smallest absolute Gasteiger partial charge is 0.245 e. The fraction of sp³-hybridized carbons (Fsp3) is 0.500. The standard InChI is InChI=1S/C10H9ClO3/c11-8-7(9(13)10(8)14)5-3-1-2-4-6(5)12/h5H,1-4H2. The molecule has 14 heavy (non-hydrogen) atoms. The summed E-state index contributed by atoms with van der Waals surface area (Å²) >= 11 is 5.62. The van der Waals surface area contributed by atoms with Gasteiger partial charge in [0.25, 0.3) is 0 Å². The van der Waals surface area contributed by atoms with Gasteiger partial charge in [0.1, 0.15) is 10.8 Å². The molecule has 1 aliphatic rings. The number of rotatable bonds is 1. The SMILES string of the molecule is O=C1CCCCC1c1c(Cl)c(=O)c1=O. The molecular formula is C10H9ClO3. The van der Waals surface area contributed by atoms with Gasteiger partial charge >= 0.3 is 0 Å². The lowest BCUT2D eigenvalue weighted by Gasteiger charge is -2.21. The summed E-state index contributed by atoms with van der Waals surface area (Å²) in [5.74, 6) is -0.355. The molecule has 0 aliphatic heterocycles. The molecule has 0 bridgehead atoms. The average molecular weight is 213 g/mol. The number of Topliss-reactive ketones (excluding diaryl/α,β-unsaturated/α-hetero) is 1. The molecule has 1 aliphatic carbocycles. The average Bonchev–Trinajstić information content (AvgIpc) is 2.21. The Balaban J connectivity index is 2.36. The summed E-state index contributed by atoms with van der Waals surface area (Å²) in [5, 5.41) is -0.0183. The number of hydrogen-bond donors (Lipinski definition) is 0. The Hall–Kier alpha value is -0.960. The molecule has 0 aromatic heterocycles. The van der Waals surface area contributed by atoms with Crippen molar-refractivity contribution < 1.29 is 4.79 Å². The van der Waals surface area contributed by atoms with E-state index in [1.165, 1.54) is 0 Å². The maximum atomic E-state index is 11.5. The van der Waals surface area contributed by atoms with Crippen molar-refractivity contribution in [3.8, 4) is 0 Å². The van der Waals surface area contributed by atoms with Crippen LogP contribution in [0.2, 0.25) is 5.02 Å². The van der Waals surface area contributed by atoms with Crippen molar-refractivity contribution in [3.63, 3.8) is 0 Å². The third-order valence-electron chi connectivity index (χ3n) is 2.79. The minimum Gasteiger partial charge on any atom is -0.299 e. The number of ketones is 1. The van der Waals surface area contributed by atoms with E-state index in [0.29, 0.717) is 12.8 Å². The van der Waals surface area contributed by atoms with Crippen molar-refractivity contribution in [1.29, 1.82) is 0 Å². The second-order valence-corrected chi connectivity index (χ2v) is 4.03. The zero-order valence-corrected chi connectivity index (χ0v) is 8.26. The fourth-order valence-electron chi connectivity index (χ4n) is 1.98. The first-order chi connectivity index (χ1) is 6.63. The maximum absolute atomic E-state index is 11.5. The number of halogens is 1. The third-order valence-corrected chi connectivity index (χ3v) is 3.17. The molecule has 1 atom stereocenters. The Bertz CT molecular complexity index is 454. The highest BCUT2D eigenvalue weighted by molar-refractivity contribution is 6.32. The zero-order chi connectivity index (χ0) is 10.3. The van der Waals surface area contributed by atoms with Gasteiger partial charge in [0.2, 0.25) is 10.9 Å². The van der Waals surface area contributed by atoms with Crippen molar-refractivity contribution in [2.45, 2.75) is 31.6 Å². The minimum absolute atomic E-state index is 0.0183. The van der Waals surface area contributed by atoms with Crippen LogP contribution in [0.15, 0.2) is 9.59 Å². The van der Waals surface area contributed by atoms with Crippen LogP contribution in [0.4, 0.5) is 0 Å². The molecule has 0 amide bonds. The first-order valence-electron chi connectivity index (χ1n) is 4.64. The van der Waals surface area contributed by atoms with Crippen LogP contribution in [-0.4, -0.2) is 5.78 Å². The summed E-state index contributed by atoms with van der Waals surface area (Å²) in [6.07, 6.45) is 2.96. The molecule has 4 heteroatoms. The van der Waals surface area contributed by atoms with Crippen LogP contribution in [0.5, 0.6) is 0 Å². The summed E-state index contributed by atoms with van der Waals surface area (Å²) in [6, 6.07) is 0. The summed E-state index contributed by atoms with van der Waals surface area (Å²) < 4.78 is 0. The lowest BCUT2D eigenvalue weighted by Crippen LogP contribution is -2.39. The maximum Gasteiger partial charge on any atom is 0.245 e. The number of carbonyl (C=O) groups is 1. The largest absolute Gasteiger partial charge is 0.299 e. The Morgan fingerprint density at radius 1 is 1.07 bits per heavy atom. The van der Waals surface area contributed by atoms with Gasteiger partial charge in [-0.05, 0) is 12.8 Å². The fourth-order valence-corrected chi connectivity index (χ4v) is 2.28. The van der Waals surface area contributed by atoms with Gasteiger partial charge in [-0.25, -0.2) is 0 Å². The topological polar surface area (TPSA) is 51.2 Å². The van der Waals surface area contributed by atoms with Gasteiger partial charge in [-0.2, -0.15) is 0 Å². The molecule has 1 aromatic carbocycles. The highest BCUT2D eigenvalue weighted by Crippen LogP contribution is 2.31. The molecular weight excluding hydrogens is 204 g/mol. The predicted molar refractivity (Wildman–Crippen MR) is 52.6 cm³/mol. The lowest BCUT2D eigenvalue weighted by molar-refractivity contribution is -0.121. The van der Waals surface area contributed by atoms with E-state index in [1.54, 1.807) is 0 Å². The van der Waals surface area contributed by atoms with Crippen LogP contribution >= 0.6 is 11.6 Å². The monoisotopic (exact) mass is 212 g/mol. The Labute approximate surface area is 85.4 Å². The van der Waals surface area contributed by atoms with Gasteiger partial charge in [0, 0.05) is 17.9 Å². The number of carbonyl (C=O) groups excluding carboxylic acids is 1. The lowest BCUT2D eigenvalue weighted by atomic mass is 9.81. The van der Waals surface area contributed by atoms with Gasteiger partial charge in [0.15, 0.2) is 0 Å². The highest BCUT2D eigenvalue weighted by atomic mass is 35.5. The summed E-state index contributed by atoms with van der Waals surface area (Å²) in [4.78, 5) is 33.5. The number of hydrogen-bond acceptors (Lipinski definition) is 3. The van der Waals surface area contributed by atoms with Crippen molar-refractivity contribution in [3.05, 3.63) is 31.0 Å². The van der Waals surface area contributed by atoms with Crippen LogP contribution < -0.4 is 10.9 Å². The molecule has 0 N–H and O–H groups in total. The second kappa shape index (κ2) is 3.31. The van der Waals surface area contributed by atoms with E-state index in [1.807, 2.05) is 0 Å². The van der Waals surface area contributed by atoms with Crippen molar-refractivity contribution in [1.82, 2.24) is 0 Å². The van der Waals surface area contributed by atoms with Crippen LogP contribution in [-0.2, 0) is 4.79 Å². The molecule has 1 aromatic rings. The van der Waals surface area contributed by atoms with E-state index in [-0.39, 0.29) is 16.4 Å². The minimum atomic E-state index is -0.639. The molecule has 1 saturated carbocycles. The molecule has 0 spiro atoms. The Morgan fingerprint density at radius 2 is 1.79 bits per heavy atom. The molecule has 1 fully saturated rings. The molecule has 0 heterocycles. The van der Waals surface area contributed by atoms with E-state index in [4.69, 9.17) is 11.6 Å². The van der Waals surface area contributed by atoms with Crippen molar-refractivity contribution >= 4 is 17.4 Å². The molecule has 74 valence electrons. The normalized spacial score (nSPS) is 22.9. The van der Waals surface area contributed by atoms with Gasteiger partial charge < -0.3 is 0 Å². The van der Waals surface area contributed by atoms with Gasteiger partial charge in [-0.1, -0.05) is 18.0 Å². The van der Waals surface area contributed by atoms with Crippen LogP contribution in [0.3, 0.4) is 0 Å². The van der Waals surface area contributed by atoms with Gasteiger partial charge in [0.05, 0.1) is 0 Å². The van der Waals surface area contributed by atoms with Gasteiger partial charge in [-0.15, -0.1) is 0 Å². The quantitative estimate of drug-likeness (QED) is 0.657. The summed E-state index contributed by atoms with van der Waals surface area (Å²) in [6.45, 7) is 0. The van der Waals surface area contributed by atoms with E-state index >= 15 is 0 Å².